The van der Waals surface area contributed by atoms with Gasteiger partial charge in [0, 0.05) is 0 Å². The molecule has 0 amide bonds. The summed E-state index contributed by atoms with van der Waals surface area (Å²) in [5.41, 5.74) is 4.87. The van der Waals surface area contributed by atoms with Gasteiger partial charge < -0.3 is 0 Å². The molecule has 0 spiro atoms. The average Bonchev–Trinajstić information content (AvgIpc) is 3.32. The van der Waals surface area contributed by atoms with E-state index in [-0.39, 0.29) is 11.8 Å². The third kappa shape index (κ3) is 3.14. The van der Waals surface area contributed by atoms with Crippen LogP contribution in [0.25, 0.3) is 21.5 Å². The molecule has 2 aliphatic rings. The summed E-state index contributed by atoms with van der Waals surface area (Å²) in [6, 6.07) is 37.9. The quantitative estimate of drug-likeness (QED) is 0.156. The number of hydrogen-bond acceptors (Lipinski definition) is 1. The van der Waals surface area contributed by atoms with Crippen molar-refractivity contribution in [3.05, 3.63) is 138 Å². The van der Waals surface area contributed by atoms with Gasteiger partial charge in [0.15, 0.2) is 5.78 Å². The van der Waals surface area contributed by atoms with E-state index in [0.29, 0.717) is 5.78 Å². The minimum atomic E-state index is 0.0115. The maximum Gasteiger partial charge on any atom is -0.0178 e. The largest absolute Gasteiger partial charge is 0.0616 e. The molecular formula is C30H20O2. The average molecular weight is 412 g/mol. The zero-order valence-electron chi connectivity index (χ0n) is 17.4. The predicted octanol–water partition coefficient (Wildman–Crippen LogP) is 6.80. The third-order valence-electron chi connectivity index (χ3n) is 6.42. The van der Waals surface area contributed by atoms with Crippen molar-refractivity contribution in [2.75, 3.05) is 0 Å². The van der Waals surface area contributed by atoms with Crippen molar-refractivity contribution in [2.24, 2.45) is 0 Å². The molecule has 0 saturated carbocycles. The molecule has 0 aromatic heterocycles. The molecule has 5 aromatic carbocycles. The number of fused-ring (bicyclic) bond motifs is 10. The van der Waals surface area contributed by atoms with Crippen molar-refractivity contribution in [1.82, 2.24) is 0 Å². The molecule has 0 fully saturated rings. The molecule has 0 aliphatic heterocycles. The molecule has 7 rings (SSSR count). The van der Waals surface area contributed by atoms with Gasteiger partial charge in [0.2, 0.25) is 0 Å². The Bertz CT molecular complexity index is 1270. The third-order valence-corrected chi connectivity index (χ3v) is 6.42. The maximum absolute atomic E-state index is 12.3. The molecule has 5 aromatic rings. The molecule has 2 nitrogen and oxygen atoms in total. The molecular weight excluding hydrogens is 392 g/mol. The van der Waals surface area contributed by atoms with Crippen LogP contribution in [0.5, 0.6) is 0 Å². The summed E-state index contributed by atoms with van der Waals surface area (Å²) in [6.45, 7) is 4.50. The van der Waals surface area contributed by atoms with Crippen LogP contribution in [0, 0.1) is 6.65 Å². The SMILES string of the molecule is O=C1C2c3ccccc3C1c1ccccc12.[C-]#[O+].c1ccc2cc3ccccc3cc2c1. The molecule has 0 saturated heterocycles. The van der Waals surface area contributed by atoms with Crippen LogP contribution in [0.3, 0.4) is 0 Å². The Hall–Kier alpha value is -3.97. The Balaban J connectivity index is 0.000000127. The van der Waals surface area contributed by atoms with Gasteiger partial charge in [-0.25, -0.2) is 0 Å². The Morgan fingerprint density at radius 1 is 0.469 bits per heavy atom. The summed E-state index contributed by atoms with van der Waals surface area (Å²) in [5.74, 6) is 0.386. The number of Topliss-reactive ketones (excluding diaryl/α,β-unsaturated/α-hetero) is 1. The summed E-state index contributed by atoms with van der Waals surface area (Å²) in [4.78, 5) is 12.3. The number of benzene rings is 5. The van der Waals surface area contributed by atoms with Gasteiger partial charge in [-0.3, -0.25) is 4.79 Å². The van der Waals surface area contributed by atoms with Gasteiger partial charge in [-0.1, -0.05) is 97.1 Å². The molecule has 0 N–H and O–H groups in total. The Kier molecular flexibility index (Phi) is 5.17. The smallest absolute Gasteiger partial charge is 0.0178 e. The number of carbonyl (C=O) groups is 1. The normalized spacial score (nSPS) is 17.0. The fourth-order valence-corrected chi connectivity index (χ4v) is 5.07. The molecule has 0 radical (unpaired) electrons. The minimum Gasteiger partial charge on any atom is -0.0616 e. The Labute approximate surface area is 186 Å². The van der Waals surface area contributed by atoms with E-state index >= 15 is 0 Å². The van der Waals surface area contributed by atoms with Crippen LogP contribution in [-0.4, -0.2) is 5.78 Å². The summed E-state index contributed by atoms with van der Waals surface area (Å²) < 4.78 is 7.50. The monoisotopic (exact) mass is 412 g/mol. The molecule has 0 unspecified atom stereocenters. The number of ketones is 1. The van der Waals surface area contributed by atoms with Gasteiger partial charge >= 0.3 is 11.3 Å². The van der Waals surface area contributed by atoms with Crippen molar-refractivity contribution in [3.63, 3.8) is 0 Å². The van der Waals surface area contributed by atoms with E-state index in [1.807, 2.05) is 24.3 Å². The van der Waals surface area contributed by atoms with Crippen molar-refractivity contribution in [3.8, 4) is 0 Å². The Morgan fingerprint density at radius 2 is 0.719 bits per heavy atom. The first-order chi connectivity index (χ1) is 15.8. The topological polar surface area (TPSA) is 37.0 Å². The summed E-state index contributed by atoms with van der Waals surface area (Å²) in [6.07, 6.45) is 0. The number of carbonyl (C=O) groups excluding carboxylic acids is 1. The maximum atomic E-state index is 12.3. The van der Waals surface area contributed by atoms with Crippen molar-refractivity contribution in [1.29, 1.82) is 0 Å². The molecule has 2 bridgehead atoms. The molecule has 2 aliphatic carbocycles. The van der Waals surface area contributed by atoms with E-state index in [0.717, 1.165) is 0 Å². The van der Waals surface area contributed by atoms with E-state index in [1.54, 1.807) is 0 Å². The summed E-state index contributed by atoms with van der Waals surface area (Å²) >= 11 is 0. The van der Waals surface area contributed by atoms with Crippen molar-refractivity contribution < 1.29 is 9.45 Å². The minimum absolute atomic E-state index is 0.0115. The van der Waals surface area contributed by atoms with Gasteiger partial charge in [-0.05, 0) is 55.9 Å². The van der Waals surface area contributed by atoms with Gasteiger partial charge in [-0.15, -0.1) is 0 Å². The van der Waals surface area contributed by atoms with Gasteiger partial charge in [0.25, 0.3) is 0 Å². The van der Waals surface area contributed by atoms with E-state index in [2.05, 4.69) is 91.6 Å². The van der Waals surface area contributed by atoms with E-state index in [1.165, 1.54) is 43.8 Å². The predicted molar refractivity (Wildman–Crippen MR) is 127 cm³/mol. The van der Waals surface area contributed by atoms with Crippen LogP contribution >= 0.6 is 0 Å². The van der Waals surface area contributed by atoms with Crippen LogP contribution in [0.15, 0.2) is 109 Å². The van der Waals surface area contributed by atoms with Crippen molar-refractivity contribution in [2.45, 2.75) is 11.8 Å². The fraction of sp³-hybridized carbons (Fsp3) is 0.0667. The molecule has 0 atom stereocenters. The van der Waals surface area contributed by atoms with Gasteiger partial charge in [0.1, 0.15) is 0 Å². The van der Waals surface area contributed by atoms with Crippen LogP contribution in [-0.2, 0) is 9.45 Å². The fourth-order valence-electron chi connectivity index (χ4n) is 5.07. The molecule has 0 heterocycles. The first-order valence-corrected chi connectivity index (χ1v) is 10.6. The first-order valence-electron chi connectivity index (χ1n) is 10.6. The number of rotatable bonds is 0. The summed E-state index contributed by atoms with van der Waals surface area (Å²) in [7, 11) is 0. The van der Waals surface area contributed by atoms with E-state index < -0.39 is 0 Å². The van der Waals surface area contributed by atoms with Crippen LogP contribution < -0.4 is 0 Å². The van der Waals surface area contributed by atoms with Crippen LogP contribution in [0.2, 0.25) is 0 Å². The standard InChI is InChI=1S/C15H10O.C14H10.CO/c16-15-13-9-5-1-2-6-10(9)14(15)12-8-4-3-7-11(12)13;1-2-6-12-10-14-8-4-3-7-13(14)9-11(12)5-1;1-2/h1-8,13-14H;1-10H;. The van der Waals surface area contributed by atoms with Gasteiger partial charge in [-0.2, -0.15) is 0 Å². The second-order valence-corrected chi connectivity index (χ2v) is 8.07. The second kappa shape index (κ2) is 8.28. The first kappa shape index (κ1) is 20.0. The Morgan fingerprint density at radius 3 is 1.00 bits per heavy atom. The van der Waals surface area contributed by atoms with Crippen LogP contribution in [0.1, 0.15) is 34.1 Å². The molecule has 2 heteroatoms. The number of hydrogen-bond donors (Lipinski definition) is 0. The van der Waals surface area contributed by atoms with E-state index in [9.17, 15) is 4.79 Å². The van der Waals surface area contributed by atoms with Crippen LogP contribution in [0.4, 0.5) is 0 Å². The van der Waals surface area contributed by atoms with E-state index in [4.69, 9.17) is 4.65 Å². The second-order valence-electron chi connectivity index (χ2n) is 8.07. The molecule has 152 valence electrons. The van der Waals surface area contributed by atoms with Gasteiger partial charge in [0.05, 0.1) is 11.8 Å². The zero-order chi connectivity index (χ0) is 22.1. The summed E-state index contributed by atoms with van der Waals surface area (Å²) in [5, 5.41) is 5.25. The molecule has 32 heavy (non-hydrogen) atoms. The zero-order valence-corrected chi connectivity index (χ0v) is 17.4. The van der Waals surface area contributed by atoms with Crippen molar-refractivity contribution >= 4 is 27.3 Å².